The largest absolute Gasteiger partial charge is 0.366 e. The monoisotopic (exact) mass is 402 g/mol. The third-order valence-corrected chi connectivity index (χ3v) is 6.20. The van der Waals surface area contributed by atoms with Gasteiger partial charge < -0.3 is 4.90 Å². The van der Waals surface area contributed by atoms with E-state index in [1.165, 1.54) is 16.9 Å². The zero-order valence-electron chi connectivity index (χ0n) is 18.4. The number of carbonyl (C=O) groups is 2. The standard InChI is InChI=1S/C26H30N2O2/c1-17(2)20-9-11-21(12-10-20)28-25(29)23(22-13-8-18(3)16-19(22)4)24(26(28)30)27-14-6-5-7-15-27/h8-13,16-17H,5-7,14-15H2,1-4H3. The molecule has 0 saturated carbocycles. The van der Waals surface area contributed by atoms with Gasteiger partial charge in [-0.3, -0.25) is 9.59 Å². The van der Waals surface area contributed by atoms with Crippen molar-refractivity contribution in [2.75, 3.05) is 18.0 Å². The third kappa shape index (κ3) is 3.55. The molecule has 0 spiro atoms. The minimum Gasteiger partial charge on any atom is -0.366 e. The lowest BCUT2D eigenvalue weighted by molar-refractivity contribution is -0.120. The first-order valence-electron chi connectivity index (χ1n) is 10.9. The topological polar surface area (TPSA) is 40.6 Å². The normalized spacial score (nSPS) is 17.5. The first-order chi connectivity index (χ1) is 14.4. The lowest BCUT2D eigenvalue weighted by Crippen LogP contribution is -2.37. The van der Waals surface area contributed by atoms with Crippen molar-refractivity contribution in [3.63, 3.8) is 0 Å². The van der Waals surface area contributed by atoms with Crippen molar-refractivity contribution in [2.24, 2.45) is 0 Å². The molecule has 0 unspecified atom stereocenters. The summed E-state index contributed by atoms with van der Waals surface area (Å²) in [6.45, 7) is 9.97. The maximum Gasteiger partial charge on any atom is 0.282 e. The molecule has 0 aliphatic carbocycles. The van der Waals surface area contributed by atoms with Crippen LogP contribution in [0.5, 0.6) is 0 Å². The SMILES string of the molecule is Cc1ccc(C2=C(N3CCCCC3)C(=O)N(c3ccc(C(C)C)cc3)C2=O)c(C)c1. The highest BCUT2D eigenvalue weighted by atomic mass is 16.2. The van der Waals surface area contributed by atoms with E-state index in [9.17, 15) is 9.59 Å². The molecule has 2 aromatic carbocycles. The summed E-state index contributed by atoms with van der Waals surface area (Å²) >= 11 is 0. The van der Waals surface area contributed by atoms with Gasteiger partial charge >= 0.3 is 0 Å². The van der Waals surface area contributed by atoms with E-state index in [1.807, 2.05) is 50.2 Å². The summed E-state index contributed by atoms with van der Waals surface area (Å²) in [5.74, 6) is -0.0177. The van der Waals surface area contributed by atoms with Gasteiger partial charge in [0.05, 0.1) is 11.3 Å². The summed E-state index contributed by atoms with van der Waals surface area (Å²) < 4.78 is 0. The molecule has 2 aliphatic heterocycles. The lowest BCUT2D eigenvalue weighted by atomic mass is 9.96. The van der Waals surface area contributed by atoms with Gasteiger partial charge in [-0.05, 0) is 67.9 Å². The van der Waals surface area contributed by atoms with Crippen LogP contribution >= 0.6 is 0 Å². The molecule has 0 radical (unpaired) electrons. The zero-order chi connectivity index (χ0) is 21.4. The van der Waals surface area contributed by atoms with E-state index in [0.717, 1.165) is 42.6 Å². The van der Waals surface area contributed by atoms with Crippen molar-refractivity contribution in [2.45, 2.75) is 52.9 Å². The van der Waals surface area contributed by atoms with Crippen molar-refractivity contribution in [3.05, 3.63) is 70.4 Å². The highest BCUT2D eigenvalue weighted by molar-refractivity contribution is 6.45. The van der Waals surface area contributed by atoms with Gasteiger partial charge in [0.2, 0.25) is 0 Å². The van der Waals surface area contributed by atoms with Crippen LogP contribution in [-0.2, 0) is 9.59 Å². The number of hydrogen-bond acceptors (Lipinski definition) is 3. The van der Waals surface area contributed by atoms with Crippen LogP contribution in [0, 0.1) is 13.8 Å². The molecule has 1 saturated heterocycles. The number of piperidine rings is 1. The quantitative estimate of drug-likeness (QED) is 0.660. The Morgan fingerprint density at radius 2 is 1.50 bits per heavy atom. The Morgan fingerprint density at radius 3 is 2.10 bits per heavy atom. The van der Waals surface area contributed by atoms with Gasteiger partial charge in [0, 0.05) is 13.1 Å². The van der Waals surface area contributed by atoms with Crippen LogP contribution in [0.25, 0.3) is 5.57 Å². The molecule has 2 heterocycles. The number of nitrogens with zero attached hydrogens (tertiary/aromatic N) is 2. The number of hydrogen-bond donors (Lipinski definition) is 0. The molecule has 1 fully saturated rings. The molecule has 0 aromatic heterocycles. The summed E-state index contributed by atoms with van der Waals surface area (Å²) in [6.07, 6.45) is 3.27. The minimum atomic E-state index is -0.218. The first kappa shape index (κ1) is 20.4. The maximum absolute atomic E-state index is 13.6. The Morgan fingerprint density at radius 1 is 0.833 bits per heavy atom. The van der Waals surface area contributed by atoms with Crippen LogP contribution in [0.3, 0.4) is 0 Å². The van der Waals surface area contributed by atoms with E-state index in [0.29, 0.717) is 22.9 Å². The average Bonchev–Trinajstić information content (AvgIpc) is 2.99. The molecule has 4 heteroatoms. The third-order valence-electron chi connectivity index (χ3n) is 6.20. The molecule has 30 heavy (non-hydrogen) atoms. The maximum atomic E-state index is 13.6. The predicted octanol–water partition coefficient (Wildman–Crippen LogP) is 5.20. The Balaban J connectivity index is 1.81. The number of likely N-dealkylation sites (tertiary alicyclic amines) is 1. The van der Waals surface area contributed by atoms with Crippen LogP contribution in [0.2, 0.25) is 0 Å². The average molecular weight is 403 g/mol. The van der Waals surface area contributed by atoms with Gasteiger partial charge in [-0.25, -0.2) is 4.90 Å². The smallest absolute Gasteiger partial charge is 0.282 e. The van der Waals surface area contributed by atoms with E-state index in [2.05, 4.69) is 24.8 Å². The number of rotatable bonds is 4. The summed E-state index contributed by atoms with van der Waals surface area (Å²) in [7, 11) is 0. The van der Waals surface area contributed by atoms with E-state index < -0.39 is 0 Å². The van der Waals surface area contributed by atoms with Crippen molar-refractivity contribution in [1.82, 2.24) is 4.90 Å². The fraction of sp³-hybridized carbons (Fsp3) is 0.385. The van der Waals surface area contributed by atoms with Crippen molar-refractivity contribution < 1.29 is 9.59 Å². The molecular formula is C26H30N2O2. The van der Waals surface area contributed by atoms with Gasteiger partial charge in [-0.2, -0.15) is 0 Å². The van der Waals surface area contributed by atoms with Crippen molar-refractivity contribution in [3.8, 4) is 0 Å². The fourth-order valence-electron chi connectivity index (χ4n) is 4.51. The van der Waals surface area contributed by atoms with E-state index >= 15 is 0 Å². The summed E-state index contributed by atoms with van der Waals surface area (Å²) in [5, 5.41) is 0. The van der Waals surface area contributed by atoms with Gasteiger partial charge in [-0.1, -0.05) is 49.7 Å². The molecule has 0 atom stereocenters. The Kier molecular flexibility index (Phi) is 5.50. The molecule has 2 aromatic rings. The second-order valence-electron chi connectivity index (χ2n) is 8.78. The molecule has 4 nitrogen and oxygen atoms in total. The molecule has 0 bridgehead atoms. The summed E-state index contributed by atoms with van der Waals surface area (Å²) in [6, 6.07) is 13.9. The van der Waals surface area contributed by atoms with Gasteiger partial charge in [0.25, 0.3) is 11.8 Å². The zero-order valence-corrected chi connectivity index (χ0v) is 18.4. The second-order valence-corrected chi connectivity index (χ2v) is 8.78. The molecule has 2 aliphatic rings. The van der Waals surface area contributed by atoms with Gasteiger partial charge in [0.1, 0.15) is 5.70 Å². The van der Waals surface area contributed by atoms with E-state index in [4.69, 9.17) is 0 Å². The summed E-state index contributed by atoms with van der Waals surface area (Å²) in [4.78, 5) is 30.7. The van der Waals surface area contributed by atoms with Crippen molar-refractivity contribution in [1.29, 1.82) is 0 Å². The molecule has 0 N–H and O–H groups in total. The van der Waals surface area contributed by atoms with Crippen LogP contribution in [-0.4, -0.2) is 29.8 Å². The van der Waals surface area contributed by atoms with Crippen LogP contribution < -0.4 is 4.90 Å². The Bertz CT molecular complexity index is 1010. The van der Waals surface area contributed by atoms with Gasteiger partial charge in [0.15, 0.2) is 0 Å². The number of carbonyl (C=O) groups excluding carboxylic acids is 2. The highest BCUT2D eigenvalue weighted by Crippen LogP contribution is 2.37. The number of benzene rings is 2. The summed E-state index contributed by atoms with van der Waals surface area (Å²) in [5.41, 5.74) is 5.99. The molecule has 2 amide bonds. The molecule has 156 valence electrons. The van der Waals surface area contributed by atoms with Crippen LogP contribution in [0.15, 0.2) is 48.2 Å². The second kappa shape index (κ2) is 8.10. The number of aryl methyl sites for hydroxylation is 2. The predicted molar refractivity (Wildman–Crippen MR) is 121 cm³/mol. The highest BCUT2D eigenvalue weighted by Gasteiger charge is 2.43. The van der Waals surface area contributed by atoms with Crippen molar-refractivity contribution >= 4 is 23.1 Å². The number of anilines is 1. The minimum absolute atomic E-state index is 0.200. The van der Waals surface area contributed by atoms with Gasteiger partial charge in [-0.15, -0.1) is 0 Å². The van der Waals surface area contributed by atoms with E-state index in [-0.39, 0.29) is 11.8 Å². The van der Waals surface area contributed by atoms with E-state index in [1.54, 1.807) is 0 Å². The Labute approximate surface area is 179 Å². The fourth-order valence-corrected chi connectivity index (χ4v) is 4.51. The van der Waals surface area contributed by atoms with Crippen LogP contribution in [0.4, 0.5) is 5.69 Å². The molecule has 4 rings (SSSR count). The number of imide groups is 1. The molecular weight excluding hydrogens is 372 g/mol. The lowest BCUT2D eigenvalue weighted by Gasteiger charge is -2.29. The Hall–Kier alpha value is -2.88. The van der Waals surface area contributed by atoms with Crippen LogP contribution in [0.1, 0.15) is 61.3 Å². The number of amides is 2. The first-order valence-corrected chi connectivity index (χ1v) is 10.9.